The Labute approximate surface area is 182 Å². The minimum Gasteiger partial charge on any atom is -0.488 e. The molecule has 1 atom stereocenters. The second kappa shape index (κ2) is 9.48. The van der Waals surface area contributed by atoms with Gasteiger partial charge in [0.2, 0.25) is 5.43 Å². The molecule has 0 saturated heterocycles. The van der Waals surface area contributed by atoms with Crippen molar-refractivity contribution < 1.29 is 14.2 Å². The molecule has 164 valence electrons. The zero-order valence-corrected chi connectivity index (χ0v) is 17.3. The molecule has 0 aliphatic heterocycles. The summed E-state index contributed by atoms with van der Waals surface area (Å²) in [5.74, 6) is 0.806. The molecule has 1 N–H and O–H groups in total. The highest BCUT2D eigenvalue weighted by molar-refractivity contribution is 5.56. The van der Waals surface area contributed by atoms with Crippen molar-refractivity contribution >= 4 is 0 Å². The minimum atomic E-state index is -1.18. The van der Waals surface area contributed by atoms with Crippen LogP contribution in [0, 0.1) is 0 Å². The number of ether oxygens (including phenoxy) is 1. The number of hydrogen-bond acceptors (Lipinski definition) is 7. The van der Waals surface area contributed by atoms with Gasteiger partial charge in [-0.2, -0.15) is 10.2 Å². The summed E-state index contributed by atoms with van der Waals surface area (Å²) < 4.78 is 20.8. The molecule has 4 rings (SSSR count). The predicted octanol–water partition coefficient (Wildman–Crippen LogP) is 1.72. The third-order valence-corrected chi connectivity index (χ3v) is 4.64. The Hall–Kier alpha value is -3.92. The van der Waals surface area contributed by atoms with Crippen LogP contribution in [0.2, 0.25) is 0 Å². The third kappa shape index (κ3) is 5.03. The lowest BCUT2D eigenvalue weighted by atomic mass is 10.1. The molecule has 9 nitrogen and oxygen atoms in total. The van der Waals surface area contributed by atoms with Gasteiger partial charge in [0.05, 0.1) is 24.8 Å². The first kappa shape index (κ1) is 21.3. The summed E-state index contributed by atoms with van der Waals surface area (Å²) in [6, 6.07) is 9.01. The molecule has 1 unspecified atom stereocenters. The van der Waals surface area contributed by atoms with Crippen LogP contribution < -0.4 is 10.2 Å². The summed E-state index contributed by atoms with van der Waals surface area (Å²) in [4.78, 5) is 20.9. The summed E-state index contributed by atoms with van der Waals surface area (Å²) in [5.41, 5.74) is 2.66. The molecule has 0 aliphatic rings. The van der Waals surface area contributed by atoms with Crippen LogP contribution >= 0.6 is 0 Å². The van der Waals surface area contributed by atoms with Gasteiger partial charge >= 0.3 is 0 Å². The Morgan fingerprint density at radius 3 is 2.72 bits per heavy atom. The van der Waals surface area contributed by atoms with E-state index in [0.29, 0.717) is 23.7 Å². The van der Waals surface area contributed by atoms with Gasteiger partial charge in [-0.05, 0) is 11.6 Å². The minimum absolute atomic E-state index is 0.149. The number of halogens is 1. The quantitative estimate of drug-likeness (QED) is 0.448. The normalized spacial score (nSPS) is 12.0. The maximum Gasteiger partial charge on any atom is 0.203 e. The van der Waals surface area contributed by atoms with E-state index in [1.807, 2.05) is 37.5 Å². The van der Waals surface area contributed by atoms with E-state index in [-0.39, 0.29) is 12.0 Å². The number of aliphatic hydroxyl groups is 1. The molecule has 0 fully saturated rings. The van der Waals surface area contributed by atoms with E-state index in [0.717, 1.165) is 16.8 Å². The predicted molar refractivity (Wildman–Crippen MR) is 114 cm³/mol. The van der Waals surface area contributed by atoms with Crippen LogP contribution in [0.4, 0.5) is 4.39 Å². The number of nitrogens with zero attached hydrogens (tertiary/aromatic N) is 6. The molecule has 0 spiro atoms. The molecule has 4 aromatic rings. The van der Waals surface area contributed by atoms with E-state index in [1.54, 1.807) is 21.8 Å². The van der Waals surface area contributed by atoms with Crippen LogP contribution in [-0.2, 0) is 13.5 Å². The first-order valence-corrected chi connectivity index (χ1v) is 9.88. The van der Waals surface area contributed by atoms with Gasteiger partial charge in [-0.3, -0.25) is 9.48 Å². The molecule has 10 heteroatoms. The SMILES string of the molecule is Cn1cc(-n2ccc(=O)c(Cc3cccc(-c4ncc(OCC(O)CF)cn4)c3)n2)cn1. The summed E-state index contributed by atoms with van der Waals surface area (Å²) >= 11 is 0. The lowest BCUT2D eigenvalue weighted by molar-refractivity contribution is 0.0839. The molecule has 0 aliphatic carbocycles. The molecule has 3 heterocycles. The smallest absolute Gasteiger partial charge is 0.203 e. The zero-order chi connectivity index (χ0) is 22.5. The molecular weight excluding hydrogens is 415 g/mol. The van der Waals surface area contributed by atoms with E-state index in [2.05, 4.69) is 20.2 Å². The summed E-state index contributed by atoms with van der Waals surface area (Å²) in [5, 5.41) is 17.8. The molecule has 3 aromatic heterocycles. The number of aryl methyl sites for hydroxylation is 1. The second-order valence-corrected chi connectivity index (χ2v) is 7.18. The van der Waals surface area contributed by atoms with Gasteiger partial charge in [-0.25, -0.2) is 19.0 Å². The monoisotopic (exact) mass is 436 g/mol. The molecule has 1 aromatic carbocycles. The van der Waals surface area contributed by atoms with Crippen molar-refractivity contribution in [2.24, 2.45) is 7.05 Å². The highest BCUT2D eigenvalue weighted by Gasteiger charge is 2.10. The van der Waals surface area contributed by atoms with Crippen LogP contribution in [0.1, 0.15) is 11.3 Å². The lowest BCUT2D eigenvalue weighted by Crippen LogP contribution is -2.19. The first-order chi connectivity index (χ1) is 15.5. The first-order valence-electron chi connectivity index (χ1n) is 9.88. The van der Waals surface area contributed by atoms with E-state index in [4.69, 9.17) is 4.74 Å². The van der Waals surface area contributed by atoms with Crippen molar-refractivity contribution in [3.05, 3.63) is 82.8 Å². The average Bonchev–Trinajstić information content (AvgIpc) is 3.25. The van der Waals surface area contributed by atoms with E-state index in [1.165, 1.54) is 18.5 Å². The number of rotatable bonds is 8. The van der Waals surface area contributed by atoms with E-state index in [9.17, 15) is 14.3 Å². The molecule has 0 radical (unpaired) electrons. The number of alkyl halides is 1. The van der Waals surface area contributed by atoms with Gasteiger partial charge in [0.15, 0.2) is 11.6 Å². The highest BCUT2D eigenvalue weighted by atomic mass is 19.1. The fourth-order valence-electron chi connectivity index (χ4n) is 3.03. The van der Waals surface area contributed by atoms with Crippen LogP contribution in [0.3, 0.4) is 0 Å². The van der Waals surface area contributed by atoms with Crippen LogP contribution in [0.5, 0.6) is 5.75 Å². The summed E-state index contributed by atoms with van der Waals surface area (Å²) in [6.45, 7) is -1.05. The number of aromatic nitrogens is 6. The Morgan fingerprint density at radius 1 is 1.19 bits per heavy atom. The van der Waals surface area contributed by atoms with Crippen molar-refractivity contribution in [2.45, 2.75) is 12.5 Å². The maximum absolute atomic E-state index is 12.4. The van der Waals surface area contributed by atoms with Gasteiger partial charge in [0.25, 0.3) is 0 Å². The largest absolute Gasteiger partial charge is 0.488 e. The standard InChI is InChI=1S/C22H21FN6O3/c1-28-13-17(10-26-28)29-6-5-21(31)20(27-29)8-15-3-2-4-16(7-15)22-24-11-19(12-25-22)32-14-18(30)9-23/h2-7,10-13,18,30H,8-9,14H2,1H3. The van der Waals surface area contributed by atoms with Crippen molar-refractivity contribution in [3.63, 3.8) is 0 Å². The molecular formula is C22H21FN6O3. The highest BCUT2D eigenvalue weighted by Crippen LogP contribution is 2.19. The molecule has 32 heavy (non-hydrogen) atoms. The number of aliphatic hydroxyl groups excluding tert-OH is 1. The van der Waals surface area contributed by atoms with Gasteiger partial charge in [-0.15, -0.1) is 0 Å². The summed E-state index contributed by atoms with van der Waals surface area (Å²) in [6.07, 6.45) is 7.19. The van der Waals surface area contributed by atoms with Crippen molar-refractivity contribution in [3.8, 4) is 22.8 Å². The molecule has 0 saturated carbocycles. The molecule has 0 bridgehead atoms. The van der Waals surface area contributed by atoms with Crippen LogP contribution in [-0.4, -0.2) is 54.0 Å². The average molecular weight is 436 g/mol. The number of benzene rings is 1. The maximum atomic E-state index is 12.4. The lowest BCUT2D eigenvalue weighted by Gasteiger charge is -2.09. The molecule has 0 amide bonds. The van der Waals surface area contributed by atoms with Gasteiger partial charge in [0.1, 0.15) is 30.8 Å². The van der Waals surface area contributed by atoms with Crippen LogP contribution in [0.25, 0.3) is 17.1 Å². The van der Waals surface area contributed by atoms with E-state index >= 15 is 0 Å². The Balaban J connectivity index is 1.52. The second-order valence-electron chi connectivity index (χ2n) is 7.18. The van der Waals surface area contributed by atoms with Gasteiger partial charge in [-0.1, -0.05) is 18.2 Å². The Bertz CT molecular complexity index is 1260. The van der Waals surface area contributed by atoms with Gasteiger partial charge < -0.3 is 9.84 Å². The number of hydrogen-bond donors (Lipinski definition) is 1. The fourth-order valence-corrected chi connectivity index (χ4v) is 3.03. The van der Waals surface area contributed by atoms with Crippen molar-refractivity contribution in [2.75, 3.05) is 13.3 Å². The Morgan fingerprint density at radius 2 is 2.00 bits per heavy atom. The van der Waals surface area contributed by atoms with Crippen LogP contribution in [0.15, 0.2) is 66.1 Å². The van der Waals surface area contributed by atoms with Crippen molar-refractivity contribution in [1.82, 2.24) is 29.5 Å². The van der Waals surface area contributed by atoms with Crippen molar-refractivity contribution in [1.29, 1.82) is 0 Å². The Kier molecular flexibility index (Phi) is 6.31. The topological polar surface area (TPSA) is 108 Å². The fraction of sp³-hybridized carbons (Fsp3) is 0.227. The van der Waals surface area contributed by atoms with Gasteiger partial charge in [0, 0.05) is 31.3 Å². The summed E-state index contributed by atoms with van der Waals surface area (Å²) in [7, 11) is 1.81. The van der Waals surface area contributed by atoms with E-state index < -0.39 is 12.8 Å². The third-order valence-electron chi connectivity index (χ3n) is 4.64. The zero-order valence-electron chi connectivity index (χ0n) is 17.3.